The Labute approximate surface area is 126 Å². The fourth-order valence-electron chi connectivity index (χ4n) is 2.07. The Morgan fingerprint density at radius 2 is 1.70 bits per heavy atom. The van der Waals surface area contributed by atoms with E-state index >= 15 is 0 Å². The molecule has 20 heavy (non-hydrogen) atoms. The van der Waals surface area contributed by atoms with E-state index in [1.54, 1.807) is 4.31 Å². The van der Waals surface area contributed by atoms with Crippen molar-refractivity contribution in [2.24, 2.45) is 0 Å². The normalized spacial score (nSPS) is 14.2. The molecule has 0 saturated heterocycles. The Morgan fingerprint density at radius 3 is 2.20 bits per heavy atom. The molecular formula is C15H34N2O2S. The van der Waals surface area contributed by atoms with Gasteiger partial charge in [-0.2, -0.15) is 4.31 Å². The quantitative estimate of drug-likeness (QED) is 0.564. The van der Waals surface area contributed by atoms with Crippen molar-refractivity contribution >= 4 is 10.0 Å². The van der Waals surface area contributed by atoms with Crippen molar-refractivity contribution in [3.8, 4) is 0 Å². The molecule has 0 aromatic heterocycles. The van der Waals surface area contributed by atoms with Crippen LogP contribution in [0.3, 0.4) is 0 Å². The van der Waals surface area contributed by atoms with E-state index in [9.17, 15) is 8.42 Å². The van der Waals surface area contributed by atoms with E-state index in [1.807, 2.05) is 13.8 Å². The van der Waals surface area contributed by atoms with Gasteiger partial charge in [0, 0.05) is 18.6 Å². The predicted molar refractivity (Wildman–Crippen MR) is 87.5 cm³/mol. The van der Waals surface area contributed by atoms with Crippen LogP contribution in [-0.2, 0) is 10.0 Å². The second-order valence-corrected chi connectivity index (χ2v) is 7.89. The molecule has 122 valence electrons. The maximum atomic E-state index is 12.4. The summed E-state index contributed by atoms with van der Waals surface area (Å²) in [5.41, 5.74) is 0. The third kappa shape index (κ3) is 8.22. The van der Waals surface area contributed by atoms with Crippen LogP contribution < -0.4 is 5.32 Å². The largest absolute Gasteiger partial charge is 0.315 e. The Hall–Kier alpha value is -0.130. The molecule has 0 radical (unpaired) electrons. The summed E-state index contributed by atoms with van der Waals surface area (Å²) in [4.78, 5) is 0. The summed E-state index contributed by atoms with van der Waals surface area (Å²) in [6.07, 6.45) is 4.50. The molecule has 5 heteroatoms. The fourth-order valence-corrected chi connectivity index (χ4v) is 3.98. The highest BCUT2D eigenvalue weighted by Gasteiger charge is 2.25. The van der Waals surface area contributed by atoms with Crippen molar-refractivity contribution in [3.63, 3.8) is 0 Å². The average Bonchev–Trinajstić information content (AvgIpc) is 2.37. The predicted octanol–water partition coefficient (Wildman–Crippen LogP) is 3.00. The van der Waals surface area contributed by atoms with Crippen molar-refractivity contribution in [2.75, 3.05) is 18.8 Å². The molecule has 0 aromatic rings. The highest BCUT2D eigenvalue weighted by atomic mass is 32.2. The number of rotatable bonds is 12. The highest BCUT2D eigenvalue weighted by molar-refractivity contribution is 7.89. The van der Waals surface area contributed by atoms with Crippen LogP contribution in [0, 0.1) is 0 Å². The van der Waals surface area contributed by atoms with Crippen molar-refractivity contribution in [3.05, 3.63) is 0 Å². The molecule has 0 aromatic carbocycles. The van der Waals surface area contributed by atoms with Gasteiger partial charge in [0.2, 0.25) is 10.0 Å². The molecule has 0 heterocycles. The molecule has 0 bridgehead atoms. The van der Waals surface area contributed by atoms with Crippen LogP contribution in [0.1, 0.15) is 66.7 Å². The number of nitrogens with zero attached hydrogens (tertiary/aromatic N) is 1. The van der Waals surface area contributed by atoms with Crippen LogP contribution in [-0.4, -0.2) is 43.6 Å². The fraction of sp³-hybridized carbons (Fsp3) is 1.00. The van der Waals surface area contributed by atoms with Gasteiger partial charge in [-0.15, -0.1) is 0 Å². The van der Waals surface area contributed by atoms with E-state index in [-0.39, 0.29) is 11.8 Å². The second-order valence-electron chi connectivity index (χ2n) is 5.85. The first-order chi connectivity index (χ1) is 9.35. The van der Waals surface area contributed by atoms with Crippen LogP contribution >= 0.6 is 0 Å². The third-order valence-corrected chi connectivity index (χ3v) is 5.62. The molecule has 1 unspecified atom stereocenters. The monoisotopic (exact) mass is 306 g/mol. The summed E-state index contributed by atoms with van der Waals surface area (Å²) in [5.74, 6) is 0.279. The highest BCUT2D eigenvalue weighted by Crippen LogP contribution is 2.13. The van der Waals surface area contributed by atoms with Crippen molar-refractivity contribution in [1.29, 1.82) is 0 Å². The Kier molecular flexibility index (Phi) is 10.5. The SMILES string of the molecule is CCCCN(C(C)CC)S(=O)(=O)CCCCNC(C)C. The van der Waals surface area contributed by atoms with E-state index in [0.29, 0.717) is 12.6 Å². The maximum Gasteiger partial charge on any atom is 0.214 e. The molecule has 0 saturated carbocycles. The minimum Gasteiger partial charge on any atom is -0.315 e. The molecule has 0 rings (SSSR count). The van der Waals surface area contributed by atoms with Gasteiger partial charge in [0.15, 0.2) is 0 Å². The van der Waals surface area contributed by atoms with Crippen molar-refractivity contribution < 1.29 is 8.42 Å². The summed E-state index contributed by atoms with van der Waals surface area (Å²) in [7, 11) is -3.10. The summed E-state index contributed by atoms with van der Waals surface area (Å²) < 4.78 is 26.6. The zero-order chi connectivity index (χ0) is 15.6. The molecule has 1 N–H and O–H groups in total. The lowest BCUT2D eigenvalue weighted by atomic mass is 10.2. The number of sulfonamides is 1. The lowest BCUT2D eigenvalue weighted by Gasteiger charge is -2.27. The van der Waals surface area contributed by atoms with Gasteiger partial charge in [-0.1, -0.05) is 34.1 Å². The number of unbranched alkanes of at least 4 members (excludes halogenated alkanes) is 2. The van der Waals surface area contributed by atoms with Crippen molar-refractivity contribution in [2.45, 2.75) is 78.8 Å². The van der Waals surface area contributed by atoms with Gasteiger partial charge in [-0.05, 0) is 39.2 Å². The maximum absolute atomic E-state index is 12.4. The Morgan fingerprint density at radius 1 is 1.05 bits per heavy atom. The van der Waals surface area contributed by atoms with E-state index in [1.165, 1.54) is 0 Å². The zero-order valence-electron chi connectivity index (χ0n) is 14.0. The first-order valence-corrected chi connectivity index (χ1v) is 9.68. The summed E-state index contributed by atoms with van der Waals surface area (Å²) in [6, 6.07) is 0.577. The van der Waals surface area contributed by atoms with Crippen LogP contribution in [0.25, 0.3) is 0 Å². The zero-order valence-corrected chi connectivity index (χ0v) is 14.8. The first kappa shape index (κ1) is 19.9. The summed E-state index contributed by atoms with van der Waals surface area (Å²) >= 11 is 0. The molecule has 0 spiro atoms. The van der Waals surface area contributed by atoms with Gasteiger partial charge < -0.3 is 5.32 Å². The van der Waals surface area contributed by atoms with E-state index < -0.39 is 10.0 Å². The minimum absolute atomic E-state index is 0.111. The number of nitrogens with one attached hydrogen (secondary N) is 1. The molecule has 0 aliphatic carbocycles. The average molecular weight is 307 g/mol. The third-order valence-electron chi connectivity index (χ3n) is 3.55. The van der Waals surface area contributed by atoms with Crippen LogP contribution in [0.15, 0.2) is 0 Å². The lowest BCUT2D eigenvalue weighted by molar-refractivity contribution is 0.323. The van der Waals surface area contributed by atoms with Gasteiger partial charge in [0.1, 0.15) is 0 Å². The minimum atomic E-state index is -3.10. The smallest absolute Gasteiger partial charge is 0.214 e. The summed E-state index contributed by atoms with van der Waals surface area (Å²) in [6.45, 7) is 11.9. The van der Waals surface area contributed by atoms with Crippen LogP contribution in [0.4, 0.5) is 0 Å². The molecule has 0 fully saturated rings. The van der Waals surface area contributed by atoms with E-state index in [0.717, 1.165) is 38.6 Å². The van der Waals surface area contributed by atoms with Gasteiger partial charge in [-0.25, -0.2) is 8.42 Å². The lowest BCUT2D eigenvalue weighted by Crippen LogP contribution is -2.40. The molecule has 4 nitrogen and oxygen atoms in total. The Balaban J connectivity index is 4.32. The second kappa shape index (κ2) is 10.6. The van der Waals surface area contributed by atoms with E-state index in [4.69, 9.17) is 0 Å². The van der Waals surface area contributed by atoms with Gasteiger partial charge in [0.05, 0.1) is 5.75 Å². The summed E-state index contributed by atoms with van der Waals surface area (Å²) in [5, 5.41) is 3.32. The topological polar surface area (TPSA) is 49.4 Å². The van der Waals surface area contributed by atoms with Gasteiger partial charge in [0.25, 0.3) is 0 Å². The molecule has 1 atom stereocenters. The molecular weight excluding hydrogens is 272 g/mol. The number of hydrogen-bond donors (Lipinski definition) is 1. The van der Waals surface area contributed by atoms with Crippen molar-refractivity contribution in [1.82, 2.24) is 9.62 Å². The van der Waals surface area contributed by atoms with Gasteiger partial charge >= 0.3 is 0 Å². The van der Waals surface area contributed by atoms with Gasteiger partial charge in [-0.3, -0.25) is 0 Å². The molecule has 0 amide bonds. The van der Waals surface area contributed by atoms with E-state index in [2.05, 4.69) is 26.1 Å². The molecule has 0 aliphatic rings. The first-order valence-electron chi connectivity index (χ1n) is 8.08. The van der Waals surface area contributed by atoms with Crippen LogP contribution in [0.5, 0.6) is 0 Å². The molecule has 0 aliphatic heterocycles. The standard InChI is InChI=1S/C15H34N2O2S/c1-6-8-12-17(15(5)7-2)20(18,19)13-10-9-11-16-14(3)4/h14-16H,6-13H2,1-5H3. The Bertz CT molecular complexity index is 329. The number of hydrogen-bond acceptors (Lipinski definition) is 3. The van der Waals surface area contributed by atoms with Crippen LogP contribution in [0.2, 0.25) is 0 Å².